The molecule has 2 atom stereocenters. The van der Waals surface area contributed by atoms with E-state index in [2.05, 4.69) is 27.3 Å². The van der Waals surface area contributed by atoms with E-state index < -0.39 is 0 Å². The molecule has 2 unspecified atom stereocenters. The van der Waals surface area contributed by atoms with Crippen LogP contribution in [0.4, 0.5) is 5.69 Å². The number of aromatic nitrogens is 1. The molecule has 0 amide bonds. The molecular formula is C16H18ClN3. The van der Waals surface area contributed by atoms with Crippen LogP contribution in [0.15, 0.2) is 30.5 Å². The van der Waals surface area contributed by atoms with Gasteiger partial charge in [0, 0.05) is 48.0 Å². The normalized spacial score (nSPS) is 25.9. The quantitative estimate of drug-likeness (QED) is 0.874. The molecule has 3 heterocycles. The fraction of sp³-hybridized carbons (Fsp3) is 0.438. The number of piperidine rings is 1. The van der Waals surface area contributed by atoms with E-state index in [1.165, 1.54) is 23.9 Å². The lowest BCUT2D eigenvalue weighted by atomic mass is 9.91. The van der Waals surface area contributed by atoms with Crippen LogP contribution in [0, 0.1) is 5.92 Å². The molecule has 0 spiro atoms. The SMILES string of the molecule is Clc1ccc2c(N3CCCC4CNCC43)ccnc2c1. The zero-order chi connectivity index (χ0) is 13.5. The second-order valence-electron chi connectivity index (χ2n) is 5.81. The maximum absolute atomic E-state index is 6.08. The van der Waals surface area contributed by atoms with E-state index >= 15 is 0 Å². The lowest BCUT2D eigenvalue weighted by Crippen LogP contribution is -2.45. The van der Waals surface area contributed by atoms with Gasteiger partial charge in [0.15, 0.2) is 0 Å². The van der Waals surface area contributed by atoms with Gasteiger partial charge in [-0.15, -0.1) is 0 Å². The number of hydrogen-bond acceptors (Lipinski definition) is 3. The van der Waals surface area contributed by atoms with Crippen LogP contribution in [-0.2, 0) is 0 Å². The van der Waals surface area contributed by atoms with Gasteiger partial charge < -0.3 is 10.2 Å². The van der Waals surface area contributed by atoms with Crippen molar-refractivity contribution in [1.82, 2.24) is 10.3 Å². The van der Waals surface area contributed by atoms with E-state index in [-0.39, 0.29) is 0 Å². The first kappa shape index (κ1) is 12.4. The van der Waals surface area contributed by atoms with Crippen molar-refractivity contribution in [2.75, 3.05) is 24.5 Å². The summed E-state index contributed by atoms with van der Waals surface area (Å²) in [6.07, 6.45) is 4.53. The van der Waals surface area contributed by atoms with E-state index in [4.69, 9.17) is 11.6 Å². The Balaban J connectivity index is 1.81. The average Bonchev–Trinajstić information content (AvgIpc) is 2.94. The van der Waals surface area contributed by atoms with Crippen LogP contribution in [-0.4, -0.2) is 30.7 Å². The summed E-state index contributed by atoms with van der Waals surface area (Å²) in [5.41, 5.74) is 2.30. The van der Waals surface area contributed by atoms with E-state index in [1.807, 2.05) is 18.3 Å². The third-order valence-corrected chi connectivity index (χ3v) is 4.90. The Morgan fingerprint density at radius 1 is 1.25 bits per heavy atom. The molecule has 4 heteroatoms. The molecular weight excluding hydrogens is 270 g/mol. The largest absolute Gasteiger partial charge is 0.366 e. The summed E-state index contributed by atoms with van der Waals surface area (Å²) >= 11 is 6.08. The Bertz CT molecular complexity index is 643. The maximum atomic E-state index is 6.08. The van der Waals surface area contributed by atoms with Gasteiger partial charge >= 0.3 is 0 Å². The summed E-state index contributed by atoms with van der Waals surface area (Å²) in [5.74, 6) is 0.791. The van der Waals surface area contributed by atoms with Crippen molar-refractivity contribution in [1.29, 1.82) is 0 Å². The van der Waals surface area contributed by atoms with Crippen molar-refractivity contribution in [3.63, 3.8) is 0 Å². The molecule has 2 aliphatic rings. The van der Waals surface area contributed by atoms with Crippen molar-refractivity contribution < 1.29 is 0 Å². The fourth-order valence-electron chi connectivity index (χ4n) is 3.72. The van der Waals surface area contributed by atoms with E-state index in [1.54, 1.807) is 0 Å². The van der Waals surface area contributed by atoms with Crippen LogP contribution < -0.4 is 10.2 Å². The number of nitrogens with zero attached hydrogens (tertiary/aromatic N) is 2. The molecule has 1 aromatic carbocycles. The van der Waals surface area contributed by atoms with Crippen molar-refractivity contribution in [2.45, 2.75) is 18.9 Å². The van der Waals surface area contributed by atoms with Gasteiger partial charge in [0.1, 0.15) is 0 Å². The Labute approximate surface area is 123 Å². The first-order valence-electron chi connectivity index (χ1n) is 7.34. The summed E-state index contributed by atoms with van der Waals surface area (Å²) in [6.45, 7) is 3.41. The molecule has 2 saturated heterocycles. The Morgan fingerprint density at radius 2 is 2.20 bits per heavy atom. The number of pyridine rings is 1. The van der Waals surface area contributed by atoms with E-state index in [0.717, 1.165) is 36.1 Å². The lowest BCUT2D eigenvalue weighted by Gasteiger charge is -2.39. The van der Waals surface area contributed by atoms with Gasteiger partial charge in [0.25, 0.3) is 0 Å². The standard InChI is InChI=1S/C16H18ClN3/c17-12-3-4-13-14(8-12)19-6-5-15(13)20-7-1-2-11-9-18-10-16(11)20/h3-6,8,11,16,18H,1-2,7,9-10H2. The molecule has 1 N–H and O–H groups in total. The van der Waals surface area contributed by atoms with E-state index in [0.29, 0.717) is 6.04 Å². The number of benzene rings is 1. The Morgan fingerprint density at radius 3 is 3.15 bits per heavy atom. The molecule has 2 aromatic rings. The van der Waals surface area contributed by atoms with Crippen molar-refractivity contribution in [2.24, 2.45) is 5.92 Å². The summed E-state index contributed by atoms with van der Waals surface area (Å²) in [7, 11) is 0. The van der Waals surface area contributed by atoms with Crippen LogP contribution >= 0.6 is 11.6 Å². The number of hydrogen-bond donors (Lipinski definition) is 1. The van der Waals surface area contributed by atoms with Gasteiger partial charge in [-0.2, -0.15) is 0 Å². The predicted octanol–water partition coefficient (Wildman–Crippen LogP) is 3.08. The molecule has 0 aliphatic carbocycles. The van der Waals surface area contributed by atoms with Gasteiger partial charge in [-0.3, -0.25) is 4.98 Å². The molecule has 0 saturated carbocycles. The van der Waals surface area contributed by atoms with Crippen LogP contribution in [0.1, 0.15) is 12.8 Å². The van der Waals surface area contributed by atoms with Crippen molar-refractivity contribution in [3.05, 3.63) is 35.5 Å². The topological polar surface area (TPSA) is 28.2 Å². The van der Waals surface area contributed by atoms with Gasteiger partial charge in [-0.25, -0.2) is 0 Å². The monoisotopic (exact) mass is 287 g/mol. The summed E-state index contributed by atoms with van der Waals surface area (Å²) in [6, 6.07) is 8.80. The van der Waals surface area contributed by atoms with Crippen LogP contribution in [0.2, 0.25) is 5.02 Å². The number of rotatable bonds is 1. The van der Waals surface area contributed by atoms with Crippen LogP contribution in [0.5, 0.6) is 0 Å². The molecule has 2 fully saturated rings. The predicted molar refractivity (Wildman–Crippen MR) is 83.5 cm³/mol. The minimum absolute atomic E-state index is 0.630. The highest BCUT2D eigenvalue weighted by Crippen LogP contribution is 2.35. The van der Waals surface area contributed by atoms with E-state index in [9.17, 15) is 0 Å². The van der Waals surface area contributed by atoms with Crippen LogP contribution in [0.3, 0.4) is 0 Å². The average molecular weight is 288 g/mol. The molecule has 0 bridgehead atoms. The molecule has 20 heavy (non-hydrogen) atoms. The summed E-state index contributed by atoms with van der Waals surface area (Å²) in [4.78, 5) is 7.03. The summed E-state index contributed by atoms with van der Waals surface area (Å²) < 4.78 is 0. The fourth-order valence-corrected chi connectivity index (χ4v) is 3.89. The maximum Gasteiger partial charge on any atom is 0.0737 e. The number of nitrogens with one attached hydrogen (secondary N) is 1. The zero-order valence-corrected chi connectivity index (χ0v) is 12.1. The van der Waals surface area contributed by atoms with Gasteiger partial charge in [-0.1, -0.05) is 11.6 Å². The molecule has 2 aliphatic heterocycles. The third kappa shape index (κ3) is 1.97. The molecule has 0 radical (unpaired) electrons. The molecule has 1 aromatic heterocycles. The lowest BCUT2D eigenvalue weighted by molar-refractivity contribution is 0.386. The third-order valence-electron chi connectivity index (χ3n) is 4.67. The number of fused-ring (bicyclic) bond motifs is 2. The highest BCUT2D eigenvalue weighted by atomic mass is 35.5. The first-order chi connectivity index (χ1) is 9.83. The number of halogens is 1. The molecule has 3 nitrogen and oxygen atoms in total. The van der Waals surface area contributed by atoms with Gasteiger partial charge in [-0.05, 0) is 43.0 Å². The van der Waals surface area contributed by atoms with Crippen molar-refractivity contribution in [3.8, 4) is 0 Å². The zero-order valence-electron chi connectivity index (χ0n) is 11.3. The number of anilines is 1. The minimum atomic E-state index is 0.630. The van der Waals surface area contributed by atoms with Crippen LogP contribution in [0.25, 0.3) is 10.9 Å². The molecule has 4 rings (SSSR count). The molecule has 104 valence electrons. The first-order valence-corrected chi connectivity index (χ1v) is 7.72. The van der Waals surface area contributed by atoms with Crippen molar-refractivity contribution >= 4 is 28.2 Å². The second-order valence-corrected chi connectivity index (χ2v) is 6.25. The highest BCUT2D eigenvalue weighted by Gasteiger charge is 2.35. The smallest absolute Gasteiger partial charge is 0.0737 e. The Hall–Kier alpha value is -1.32. The van der Waals surface area contributed by atoms with Gasteiger partial charge in [0.05, 0.1) is 5.52 Å². The summed E-state index contributed by atoms with van der Waals surface area (Å²) in [5, 5.41) is 5.51. The minimum Gasteiger partial charge on any atom is -0.366 e. The second kappa shape index (κ2) is 4.90. The Kier molecular flexibility index (Phi) is 3.04. The van der Waals surface area contributed by atoms with Gasteiger partial charge in [0.2, 0.25) is 0 Å². The highest BCUT2D eigenvalue weighted by molar-refractivity contribution is 6.31.